The summed E-state index contributed by atoms with van der Waals surface area (Å²) in [4.78, 5) is 15.5. The highest BCUT2D eigenvalue weighted by atomic mass is 32.2. The zero-order chi connectivity index (χ0) is 23.1. The lowest BCUT2D eigenvalue weighted by Gasteiger charge is -2.35. The van der Waals surface area contributed by atoms with Crippen molar-refractivity contribution in [3.63, 3.8) is 0 Å². The Kier molecular flexibility index (Phi) is 8.00. The molecule has 0 atom stereocenters. The first-order valence-corrected chi connectivity index (χ1v) is 12.3. The molecule has 0 N–H and O–H groups in total. The van der Waals surface area contributed by atoms with Crippen LogP contribution in [0.1, 0.15) is 19.4 Å². The molecule has 2 aromatic carbocycles. The fourth-order valence-electron chi connectivity index (χ4n) is 3.86. The van der Waals surface area contributed by atoms with E-state index in [2.05, 4.69) is 29.2 Å². The van der Waals surface area contributed by atoms with E-state index < -0.39 is 14.9 Å². The van der Waals surface area contributed by atoms with Crippen molar-refractivity contribution in [2.45, 2.75) is 18.7 Å². The lowest BCUT2D eigenvalue weighted by molar-refractivity contribution is -0.384. The fraction of sp³-hybridized carbons (Fsp3) is 0.391. The maximum atomic E-state index is 12.8. The molecule has 9 heteroatoms. The molecule has 1 heterocycles. The third-order valence-electron chi connectivity index (χ3n) is 5.67. The van der Waals surface area contributed by atoms with Crippen molar-refractivity contribution in [3.8, 4) is 0 Å². The molecule has 1 aliphatic rings. The molecule has 3 rings (SSSR count). The molecule has 2 aromatic rings. The molecule has 1 saturated heterocycles. The van der Waals surface area contributed by atoms with Crippen LogP contribution in [0.5, 0.6) is 0 Å². The molecule has 32 heavy (non-hydrogen) atoms. The van der Waals surface area contributed by atoms with Gasteiger partial charge in [-0.25, -0.2) is 8.42 Å². The van der Waals surface area contributed by atoms with Crippen molar-refractivity contribution < 1.29 is 13.3 Å². The van der Waals surface area contributed by atoms with Crippen LogP contribution in [0.3, 0.4) is 0 Å². The average molecular weight is 459 g/mol. The van der Waals surface area contributed by atoms with Gasteiger partial charge >= 0.3 is 0 Å². The quantitative estimate of drug-likeness (QED) is 0.422. The summed E-state index contributed by atoms with van der Waals surface area (Å²) >= 11 is 0. The van der Waals surface area contributed by atoms with Crippen LogP contribution in [-0.4, -0.2) is 68.4 Å². The van der Waals surface area contributed by atoms with Gasteiger partial charge < -0.3 is 4.90 Å². The van der Waals surface area contributed by atoms with Crippen LogP contribution in [0.4, 0.5) is 11.4 Å². The Morgan fingerprint density at radius 3 is 2.28 bits per heavy atom. The van der Waals surface area contributed by atoms with Gasteiger partial charge in [0.25, 0.3) is 5.69 Å². The lowest BCUT2D eigenvalue weighted by atomic mass is 10.2. The normalized spacial score (nSPS) is 15.5. The van der Waals surface area contributed by atoms with Gasteiger partial charge in [0.2, 0.25) is 10.0 Å². The second-order valence-electron chi connectivity index (χ2n) is 7.60. The molecule has 0 unspecified atom stereocenters. The first-order valence-electron chi connectivity index (χ1n) is 10.8. The predicted molar refractivity (Wildman–Crippen MR) is 127 cm³/mol. The number of nitro benzene ring substituents is 1. The zero-order valence-electron chi connectivity index (χ0n) is 18.6. The number of nitrogens with zero attached hydrogens (tertiary/aromatic N) is 4. The molecule has 0 bridgehead atoms. The molecule has 0 radical (unpaired) electrons. The largest absolute Gasteiger partial charge is 0.363 e. The Bertz CT molecular complexity index is 1040. The molecule has 1 fully saturated rings. The van der Waals surface area contributed by atoms with Gasteiger partial charge in [0.1, 0.15) is 5.69 Å². The van der Waals surface area contributed by atoms with E-state index in [0.29, 0.717) is 31.9 Å². The van der Waals surface area contributed by atoms with Crippen LogP contribution in [0.2, 0.25) is 0 Å². The number of hydrogen-bond donors (Lipinski definition) is 0. The monoisotopic (exact) mass is 458 g/mol. The van der Waals surface area contributed by atoms with Gasteiger partial charge in [0.15, 0.2) is 0 Å². The Morgan fingerprint density at radius 2 is 1.69 bits per heavy atom. The van der Waals surface area contributed by atoms with Crippen LogP contribution in [0.15, 0.2) is 59.5 Å². The number of nitro groups is 1. The Hall–Kier alpha value is -2.75. The molecule has 1 aliphatic heterocycles. The summed E-state index contributed by atoms with van der Waals surface area (Å²) in [5.74, 6) is 0. The zero-order valence-corrected chi connectivity index (χ0v) is 19.4. The second-order valence-corrected chi connectivity index (χ2v) is 9.54. The van der Waals surface area contributed by atoms with E-state index in [1.165, 1.54) is 16.4 Å². The standard InChI is InChI=1S/C23H30N4O4S/c1-3-26(4-2)32(30,31)21-12-13-22(23(19-21)27(28)29)25-17-15-24(16-18-25)14-8-11-20-9-6-5-7-10-20/h5-13,19H,3-4,14-18H2,1-2H3/b11-8+. The van der Waals surface area contributed by atoms with E-state index in [0.717, 1.165) is 25.2 Å². The molecule has 0 aromatic heterocycles. The van der Waals surface area contributed by atoms with Crippen molar-refractivity contribution in [3.05, 3.63) is 70.3 Å². The average Bonchev–Trinajstić information content (AvgIpc) is 2.80. The van der Waals surface area contributed by atoms with Crippen molar-refractivity contribution >= 4 is 27.5 Å². The molecule has 0 amide bonds. The van der Waals surface area contributed by atoms with E-state index >= 15 is 0 Å². The Morgan fingerprint density at radius 1 is 1.03 bits per heavy atom. The molecule has 8 nitrogen and oxygen atoms in total. The first kappa shape index (κ1) is 23.9. The smallest absolute Gasteiger partial charge is 0.293 e. The van der Waals surface area contributed by atoms with Gasteiger partial charge in [-0.05, 0) is 17.7 Å². The van der Waals surface area contributed by atoms with E-state index in [4.69, 9.17) is 0 Å². The van der Waals surface area contributed by atoms with Gasteiger partial charge in [-0.15, -0.1) is 0 Å². The van der Waals surface area contributed by atoms with Crippen molar-refractivity contribution in [2.75, 3.05) is 50.7 Å². The number of piperazine rings is 1. The first-order chi connectivity index (χ1) is 15.4. The minimum atomic E-state index is -3.75. The van der Waals surface area contributed by atoms with Crippen LogP contribution in [0, 0.1) is 10.1 Å². The van der Waals surface area contributed by atoms with Crippen molar-refractivity contribution in [1.29, 1.82) is 0 Å². The maximum absolute atomic E-state index is 12.8. The summed E-state index contributed by atoms with van der Waals surface area (Å²) < 4.78 is 26.9. The molecular formula is C23H30N4O4S. The Labute approximate surface area is 190 Å². The van der Waals surface area contributed by atoms with Crippen LogP contribution < -0.4 is 4.90 Å². The number of sulfonamides is 1. The van der Waals surface area contributed by atoms with E-state index in [1.54, 1.807) is 19.9 Å². The minimum Gasteiger partial charge on any atom is -0.363 e. The fourth-order valence-corrected chi connectivity index (χ4v) is 5.34. The minimum absolute atomic E-state index is 0.0404. The summed E-state index contributed by atoms with van der Waals surface area (Å²) in [7, 11) is -3.75. The lowest BCUT2D eigenvalue weighted by Crippen LogP contribution is -2.46. The SMILES string of the molecule is CCN(CC)S(=O)(=O)c1ccc(N2CCN(C/C=C/c3ccccc3)CC2)c([N+](=O)[O-])c1. The van der Waals surface area contributed by atoms with Gasteiger partial charge in [-0.3, -0.25) is 15.0 Å². The van der Waals surface area contributed by atoms with Crippen LogP contribution >= 0.6 is 0 Å². The topological polar surface area (TPSA) is 87.0 Å². The summed E-state index contributed by atoms with van der Waals surface area (Å²) in [6, 6.07) is 14.3. The van der Waals surface area contributed by atoms with Crippen molar-refractivity contribution in [1.82, 2.24) is 9.21 Å². The number of hydrogen-bond acceptors (Lipinski definition) is 6. The molecular weight excluding hydrogens is 428 g/mol. The van der Waals surface area contributed by atoms with Crippen LogP contribution in [0.25, 0.3) is 6.08 Å². The third-order valence-corrected chi connectivity index (χ3v) is 7.72. The second kappa shape index (κ2) is 10.7. The number of anilines is 1. The summed E-state index contributed by atoms with van der Waals surface area (Å²) in [5, 5.41) is 11.7. The van der Waals surface area contributed by atoms with Crippen LogP contribution in [-0.2, 0) is 10.0 Å². The van der Waals surface area contributed by atoms with Gasteiger partial charge in [0, 0.05) is 51.9 Å². The van der Waals surface area contributed by atoms with E-state index in [-0.39, 0.29) is 10.6 Å². The van der Waals surface area contributed by atoms with Crippen molar-refractivity contribution in [2.24, 2.45) is 0 Å². The van der Waals surface area contributed by atoms with E-state index in [9.17, 15) is 18.5 Å². The highest BCUT2D eigenvalue weighted by Gasteiger charge is 2.28. The molecule has 0 aliphatic carbocycles. The highest BCUT2D eigenvalue weighted by Crippen LogP contribution is 2.32. The summed E-state index contributed by atoms with van der Waals surface area (Å²) in [5.41, 5.74) is 1.45. The Balaban J connectivity index is 1.69. The summed E-state index contributed by atoms with van der Waals surface area (Å²) in [6.07, 6.45) is 4.21. The molecule has 172 valence electrons. The van der Waals surface area contributed by atoms with Gasteiger partial charge in [0.05, 0.1) is 9.82 Å². The number of rotatable bonds is 9. The third kappa shape index (κ3) is 5.53. The molecule has 0 saturated carbocycles. The number of benzene rings is 2. The van der Waals surface area contributed by atoms with Gasteiger partial charge in [-0.1, -0.05) is 56.3 Å². The highest BCUT2D eigenvalue weighted by molar-refractivity contribution is 7.89. The summed E-state index contributed by atoms with van der Waals surface area (Å²) in [6.45, 7) is 7.77. The predicted octanol–water partition coefficient (Wildman–Crippen LogP) is 3.46. The van der Waals surface area contributed by atoms with Gasteiger partial charge in [-0.2, -0.15) is 4.31 Å². The molecule has 0 spiro atoms. The van der Waals surface area contributed by atoms with E-state index in [1.807, 2.05) is 23.1 Å². The maximum Gasteiger partial charge on any atom is 0.293 e.